The number of carbonyl (C=O) groups is 1. The fraction of sp³-hybridized carbons (Fsp3) is 0.296. The zero-order valence-corrected chi connectivity index (χ0v) is 20.8. The number of carbonyl (C=O) groups excluding carboxylic acids is 1. The molecule has 6 rings (SSSR count). The Kier molecular flexibility index (Phi) is 5.14. The van der Waals surface area contributed by atoms with Crippen LogP contribution in [0.4, 0.5) is 10.8 Å². The van der Waals surface area contributed by atoms with Gasteiger partial charge in [0.15, 0.2) is 5.13 Å². The molecule has 1 unspecified atom stereocenters. The van der Waals surface area contributed by atoms with E-state index in [1.54, 1.807) is 25.4 Å². The predicted molar refractivity (Wildman–Crippen MR) is 137 cm³/mol. The van der Waals surface area contributed by atoms with E-state index in [4.69, 9.17) is 14.5 Å². The van der Waals surface area contributed by atoms with E-state index in [9.17, 15) is 4.79 Å². The molecule has 1 atom stereocenters. The minimum absolute atomic E-state index is 0.116. The number of thiazole rings is 1. The molecule has 0 aliphatic carbocycles. The van der Waals surface area contributed by atoms with Gasteiger partial charge in [-0.15, -0.1) is 0 Å². The quantitative estimate of drug-likeness (QED) is 0.383. The zero-order valence-electron chi connectivity index (χ0n) is 19.9. The summed E-state index contributed by atoms with van der Waals surface area (Å²) < 4.78 is 11.6. The van der Waals surface area contributed by atoms with Gasteiger partial charge in [0, 0.05) is 43.7 Å². The number of methoxy groups -OCH3 is 1. The van der Waals surface area contributed by atoms with Crippen molar-refractivity contribution < 1.29 is 14.3 Å². The molecule has 1 amide bonds. The lowest BCUT2D eigenvalue weighted by Crippen LogP contribution is -2.36. The minimum Gasteiger partial charge on any atom is -0.481 e. The molecule has 7 nitrogen and oxygen atoms in total. The molecule has 1 fully saturated rings. The van der Waals surface area contributed by atoms with Gasteiger partial charge >= 0.3 is 0 Å². The van der Waals surface area contributed by atoms with Crippen LogP contribution in [0.2, 0.25) is 0 Å². The van der Waals surface area contributed by atoms with Crippen LogP contribution in [0, 0.1) is 6.92 Å². The summed E-state index contributed by atoms with van der Waals surface area (Å²) in [5, 5.41) is 0.896. The van der Waals surface area contributed by atoms with Crippen molar-refractivity contribution in [2.75, 3.05) is 31.6 Å². The molecule has 0 bridgehead atoms. The highest BCUT2D eigenvalue weighted by atomic mass is 32.1. The first kappa shape index (κ1) is 21.9. The molecular formula is C27H26N4O3S. The molecule has 35 heavy (non-hydrogen) atoms. The van der Waals surface area contributed by atoms with Crippen molar-refractivity contribution in [1.29, 1.82) is 0 Å². The molecule has 2 aromatic carbocycles. The van der Waals surface area contributed by atoms with Crippen LogP contribution in [-0.2, 0) is 10.2 Å². The van der Waals surface area contributed by atoms with Crippen molar-refractivity contribution in [3.8, 4) is 17.4 Å². The molecule has 0 saturated carbocycles. The normalized spacial score (nSPS) is 18.9. The first-order valence-electron chi connectivity index (χ1n) is 11.7. The van der Waals surface area contributed by atoms with E-state index in [-0.39, 0.29) is 11.3 Å². The lowest BCUT2D eigenvalue weighted by molar-refractivity contribution is -0.127. The molecule has 0 N–H and O–H groups in total. The van der Waals surface area contributed by atoms with Crippen molar-refractivity contribution in [2.24, 2.45) is 0 Å². The maximum absolute atomic E-state index is 12.2. The van der Waals surface area contributed by atoms with E-state index in [0.29, 0.717) is 12.4 Å². The third kappa shape index (κ3) is 3.69. The molecule has 2 aliphatic rings. The topological polar surface area (TPSA) is 67.8 Å². The predicted octanol–water partition coefficient (Wildman–Crippen LogP) is 5.44. The van der Waals surface area contributed by atoms with Gasteiger partial charge in [0.2, 0.25) is 11.8 Å². The van der Waals surface area contributed by atoms with Gasteiger partial charge in [-0.25, -0.2) is 9.97 Å². The van der Waals surface area contributed by atoms with Crippen LogP contribution in [-0.4, -0.2) is 47.5 Å². The SMILES string of the molecule is COc1ccc2nc(N3CC4(CCN(C(C)=O)C4)c4cc(Oc5ccccc5C)ccc43)sc2n1. The second-order valence-electron chi connectivity index (χ2n) is 9.28. The van der Waals surface area contributed by atoms with Crippen LogP contribution in [0.25, 0.3) is 10.3 Å². The summed E-state index contributed by atoms with van der Waals surface area (Å²) >= 11 is 1.56. The number of ether oxygens (including phenoxy) is 2. The zero-order chi connectivity index (χ0) is 24.2. The Hall–Kier alpha value is -3.65. The van der Waals surface area contributed by atoms with Crippen LogP contribution in [0.3, 0.4) is 0 Å². The molecule has 2 aliphatic heterocycles. The van der Waals surface area contributed by atoms with Gasteiger partial charge in [-0.05, 0) is 54.8 Å². The Labute approximate surface area is 207 Å². The number of nitrogens with zero attached hydrogens (tertiary/aromatic N) is 4. The Morgan fingerprint density at radius 2 is 1.94 bits per heavy atom. The average Bonchev–Trinajstić information content (AvgIpc) is 3.56. The van der Waals surface area contributed by atoms with Crippen molar-refractivity contribution in [1.82, 2.24) is 14.9 Å². The monoisotopic (exact) mass is 486 g/mol. The van der Waals surface area contributed by atoms with Crippen molar-refractivity contribution in [3.05, 3.63) is 65.7 Å². The first-order chi connectivity index (χ1) is 17.0. The van der Waals surface area contributed by atoms with Crippen molar-refractivity contribution in [2.45, 2.75) is 25.7 Å². The smallest absolute Gasteiger partial charge is 0.219 e. The van der Waals surface area contributed by atoms with Gasteiger partial charge in [0.25, 0.3) is 0 Å². The van der Waals surface area contributed by atoms with E-state index in [0.717, 1.165) is 57.7 Å². The second kappa shape index (κ2) is 8.23. The fourth-order valence-electron chi connectivity index (χ4n) is 5.19. The molecule has 4 heterocycles. The Bertz CT molecular complexity index is 1450. The number of rotatable bonds is 4. The molecular weight excluding hydrogens is 460 g/mol. The van der Waals surface area contributed by atoms with E-state index < -0.39 is 0 Å². The van der Waals surface area contributed by atoms with Gasteiger partial charge in [-0.1, -0.05) is 29.5 Å². The van der Waals surface area contributed by atoms with Crippen LogP contribution in [0.5, 0.6) is 17.4 Å². The number of anilines is 2. The number of para-hydroxylation sites is 1. The number of fused-ring (bicyclic) bond motifs is 3. The summed E-state index contributed by atoms with van der Waals surface area (Å²) in [6, 6.07) is 18.1. The number of aromatic nitrogens is 2. The number of likely N-dealkylation sites (tertiary alicyclic amines) is 1. The minimum atomic E-state index is -0.172. The highest BCUT2D eigenvalue weighted by Crippen LogP contribution is 2.51. The summed E-state index contributed by atoms with van der Waals surface area (Å²) in [6.45, 7) is 5.90. The van der Waals surface area contributed by atoms with Gasteiger partial charge in [0.1, 0.15) is 21.8 Å². The van der Waals surface area contributed by atoms with E-state index in [2.05, 4.69) is 22.0 Å². The molecule has 1 spiro atoms. The summed E-state index contributed by atoms with van der Waals surface area (Å²) in [4.78, 5) is 26.8. The summed E-state index contributed by atoms with van der Waals surface area (Å²) in [5.41, 5.74) is 4.08. The Morgan fingerprint density at radius 3 is 2.71 bits per heavy atom. The molecule has 178 valence electrons. The van der Waals surface area contributed by atoms with Gasteiger partial charge < -0.3 is 19.3 Å². The van der Waals surface area contributed by atoms with Gasteiger partial charge in [0.05, 0.1) is 7.11 Å². The van der Waals surface area contributed by atoms with Gasteiger partial charge in [-0.3, -0.25) is 4.79 Å². The highest BCUT2D eigenvalue weighted by molar-refractivity contribution is 7.21. The Balaban J connectivity index is 1.42. The number of hydrogen-bond acceptors (Lipinski definition) is 7. The largest absolute Gasteiger partial charge is 0.481 e. The third-order valence-electron chi connectivity index (χ3n) is 7.07. The number of benzene rings is 2. The standard InChI is InChI=1S/C27H26N4O3S/c1-17-6-4-5-7-23(17)34-19-8-10-22-20(14-19)27(12-13-30(15-27)18(2)32)16-31(22)26-28-21-9-11-24(33-3)29-25(21)35-26/h4-11,14H,12-13,15-16H2,1-3H3. The Morgan fingerprint density at radius 1 is 1.09 bits per heavy atom. The summed E-state index contributed by atoms with van der Waals surface area (Å²) in [6.07, 6.45) is 0.904. The van der Waals surface area contributed by atoms with Crippen LogP contribution >= 0.6 is 11.3 Å². The first-order valence-corrected chi connectivity index (χ1v) is 12.5. The second-order valence-corrected chi connectivity index (χ2v) is 10.2. The highest BCUT2D eigenvalue weighted by Gasteiger charge is 2.49. The number of pyridine rings is 1. The maximum atomic E-state index is 12.2. The number of hydrogen-bond donors (Lipinski definition) is 0. The van der Waals surface area contributed by atoms with Crippen LogP contribution in [0.1, 0.15) is 24.5 Å². The molecule has 8 heteroatoms. The average molecular weight is 487 g/mol. The lowest BCUT2D eigenvalue weighted by atomic mass is 9.81. The van der Waals surface area contributed by atoms with Gasteiger partial charge in [-0.2, -0.15) is 0 Å². The molecule has 1 saturated heterocycles. The van der Waals surface area contributed by atoms with Crippen molar-refractivity contribution >= 4 is 38.4 Å². The maximum Gasteiger partial charge on any atom is 0.219 e. The van der Waals surface area contributed by atoms with Crippen molar-refractivity contribution in [3.63, 3.8) is 0 Å². The van der Waals surface area contributed by atoms with E-state index >= 15 is 0 Å². The summed E-state index contributed by atoms with van der Waals surface area (Å²) in [5.74, 6) is 2.35. The lowest BCUT2D eigenvalue weighted by Gasteiger charge is -2.25. The molecule has 2 aromatic heterocycles. The van der Waals surface area contributed by atoms with E-state index in [1.807, 2.05) is 54.3 Å². The third-order valence-corrected chi connectivity index (χ3v) is 8.06. The van der Waals surface area contributed by atoms with Crippen LogP contribution in [0.15, 0.2) is 54.6 Å². The summed E-state index contributed by atoms with van der Waals surface area (Å²) in [7, 11) is 1.62. The van der Waals surface area contributed by atoms with E-state index in [1.165, 1.54) is 5.56 Å². The fourth-order valence-corrected chi connectivity index (χ4v) is 6.13. The number of aryl methyl sites for hydroxylation is 1. The molecule has 4 aromatic rings. The van der Waals surface area contributed by atoms with Crippen LogP contribution < -0.4 is 14.4 Å². The number of amides is 1. The molecule has 0 radical (unpaired) electrons.